The average Bonchev–Trinajstić information content (AvgIpc) is 2.14. The Hall–Kier alpha value is -0.780. The lowest BCUT2D eigenvalue weighted by molar-refractivity contribution is 0.747. The second kappa shape index (κ2) is 5.19. The molecule has 0 amide bonds. The van der Waals surface area contributed by atoms with Crippen molar-refractivity contribution in [3.05, 3.63) is 33.8 Å². The SMILES string of the molecule is CC#CCC(N)c1ccc(Br)cc1C. The molecule has 0 radical (unpaired) electrons. The van der Waals surface area contributed by atoms with Gasteiger partial charge in [-0.05, 0) is 37.1 Å². The molecule has 1 aromatic rings. The lowest BCUT2D eigenvalue weighted by Crippen LogP contribution is -2.10. The number of nitrogens with two attached hydrogens (primary N) is 1. The third-order valence-corrected chi connectivity index (χ3v) is 2.62. The van der Waals surface area contributed by atoms with Crippen LogP contribution in [0.2, 0.25) is 0 Å². The smallest absolute Gasteiger partial charge is 0.0408 e. The van der Waals surface area contributed by atoms with Crippen LogP contribution in [0.3, 0.4) is 0 Å². The van der Waals surface area contributed by atoms with Crippen molar-refractivity contribution in [2.75, 3.05) is 0 Å². The summed E-state index contributed by atoms with van der Waals surface area (Å²) >= 11 is 3.43. The fourth-order valence-corrected chi connectivity index (χ4v) is 1.85. The number of benzene rings is 1. The van der Waals surface area contributed by atoms with Crippen LogP contribution in [0.5, 0.6) is 0 Å². The monoisotopic (exact) mass is 251 g/mol. The Morgan fingerprint density at radius 3 is 2.79 bits per heavy atom. The molecule has 1 rings (SSSR count). The Kier molecular flexibility index (Phi) is 4.19. The highest BCUT2D eigenvalue weighted by Gasteiger charge is 2.07. The van der Waals surface area contributed by atoms with Crippen LogP contribution in [0.25, 0.3) is 0 Å². The highest BCUT2D eigenvalue weighted by Crippen LogP contribution is 2.21. The van der Waals surface area contributed by atoms with Crippen molar-refractivity contribution in [1.82, 2.24) is 0 Å². The van der Waals surface area contributed by atoms with Crippen LogP contribution in [-0.4, -0.2) is 0 Å². The molecule has 0 spiro atoms. The molecule has 1 unspecified atom stereocenters. The van der Waals surface area contributed by atoms with Gasteiger partial charge in [0.15, 0.2) is 0 Å². The second-order valence-corrected chi connectivity index (χ2v) is 4.15. The summed E-state index contributed by atoms with van der Waals surface area (Å²) in [5, 5.41) is 0. The molecule has 0 saturated heterocycles. The van der Waals surface area contributed by atoms with Crippen molar-refractivity contribution >= 4 is 15.9 Å². The van der Waals surface area contributed by atoms with Crippen LogP contribution >= 0.6 is 15.9 Å². The number of aryl methyl sites for hydroxylation is 1. The van der Waals surface area contributed by atoms with Gasteiger partial charge in [-0.3, -0.25) is 0 Å². The van der Waals surface area contributed by atoms with E-state index in [0.29, 0.717) is 0 Å². The molecule has 74 valence electrons. The van der Waals surface area contributed by atoms with E-state index >= 15 is 0 Å². The van der Waals surface area contributed by atoms with Crippen molar-refractivity contribution in [2.24, 2.45) is 5.73 Å². The minimum atomic E-state index is 0.0237. The van der Waals surface area contributed by atoms with Gasteiger partial charge in [-0.15, -0.1) is 11.8 Å². The molecule has 0 aliphatic rings. The van der Waals surface area contributed by atoms with Crippen molar-refractivity contribution in [3.8, 4) is 11.8 Å². The van der Waals surface area contributed by atoms with E-state index in [9.17, 15) is 0 Å². The first-order valence-corrected chi connectivity index (χ1v) is 5.35. The summed E-state index contributed by atoms with van der Waals surface area (Å²) in [4.78, 5) is 0. The van der Waals surface area contributed by atoms with E-state index < -0.39 is 0 Å². The predicted octanol–water partition coefficient (Wildman–Crippen LogP) is 3.17. The molecule has 1 nitrogen and oxygen atoms in total. The van der Waals surface area contributed by atoms with Gasteiger partial charge in [0.05, 0.1) is 0 Å². The van der Waals surface area contributed by atoms with E-state index in [4.69, 9.17) is 5.73 Å². The quantitative estimate of drug-likeness (QED) is 0.804. The molecule has 0 aromatic heterocycles. The van der Waals surface area contributed by atoms with Gasteiger partial charge < -0.3 is 5.73 Å². The number of halogens is 1. The molecule has 0 aliphatic carbocycles. The average molecular weight is 252 g/mol. The Morgan fingerprint density at radius 1 is 1.50 bits per heavy atom. The van der Waals surface area contributed by atoms with Crippen LogP contribution in [0.1, 0.15) is 30.5 Å². The molecule has 1 atom stereocenters. The zero-order valence-corrected chi connectivity index (χ0v) is 10.1. The van der Waals surface area contributed by atoms with E-state index in [1.807, 2.05) is 13.0 Å². The molecular weight excluding hydrogens is 238 g/mol. The van der Waals surface area contributed by atoms with Crippen LogP contribution in [0.4, 0.5) is 0 Å². The van der Waals surface area contributed by atoms with E-state index in [0.717, 1.165) is 10.9 Å². The Morgan fingerprint density at radius 2 is 2.21 bits per heavy atom. The van der Waals surface area contributed by atoms with Gasteiger partial charge in [-0.25, -0.2) is 0 Å². The van der Waals surface area contributed by atoms with E-state index in [1.165, 1.54) is 11.1 Å². The largest absolute Gasteiger partial charge is 0.323 e. The van der Waals surface area contributed by atoms with Gasteiger partial charge in [0.25, 0.3) is 0 Å². The van der Waals surface area contributed by atoms with Crippen molar-refractivity contribution < 1.29 is 0 Å². The van der Waals surface area contributed by atoms with E-state index in [1.54, 1.807) is 0 Å². The normalized spacial score (nSPS) is 11.7. The summed E-state index contributed by atoms with van der Waals surface area (Å²) in [7, 11) is 0. The fraction of sp³-hybridized carbons (Fsp3) is 0.333. The molecule has 0 saturated carbocycles. The first-order valence-electron chi connectivity index (χ1n) is 4.56. The summed E-state index contributed by atoms with van der Waals surface area (Å²) in [6.07, 6.45) is 0.721. The predicted molar refractivity (Wildman–Crippen MR) is 63.9 cm³/mol. The number of rotatable bonds is 2. The standard InChI is InChI=1S/C12H14BrN/c1-3-4-5-12(14)11-7-6-10(13)8-9(11)2/h6-8,12H,5,14H2,1-2H3. The number of hydrogen-bond acceptors (Lipinski definition) is 1. The molecule has 0 aliphatic heterocycles. The Labute approximate surface area is 93.8 Å². The van der Waals surface area contributed by atoms with Crippen LogP contribution < -0.4 is 5.73 Å². The first kappa shape index (κ1) is 11.3. The fourth-order valence-electron chi connectivity index (χ4n) is 1.38. The third kappa shape index (κ3) is 2.87. The minimum absolute atomic E-state index is 0.0237. The minimum Gasteiger partial charge on any atom is -0.323 e. The molecular formula is C12H14BrN. The first-order chi connectivity index (χ1) is 6.65. The Bertz CT molecular complexity index is 374. The van der Waals surface area contributed by atoms with Crippen LogP contribution in [0, 0.1) is 18.8 Å². The summed E-state index contributed by atoms with van der Waals surface area (Å²) in [6.45, 7) is 3.90. The van der Waals surface area contributed by atoms with Gasteiger partial charge in [0.1, 0.15) is 0 Å². The summed E-state index contributed by atoms with van der Waals surface area (Å²) in [6, 6.07) is 6.17. The number of hydrogen-bond donors (Lipinski definition) is 1. The second-order valence-electron chi connectivity index (χ2n) is 3.24. The highest BCUT2D eigenvalue weighted by atomic mass is 79.9. The molecule has 2 heteroatoms. The van der Waals surface area contributed by atoms with Gasteiger partial charge >= 0.3 is 0 Å². The lowest BCUT2D eigenvalue weighted by atomic mass is 10.00. The summed E-state index contributed by atoms with van der Waals surface area (Å²) in [5.41, 5.74) is 8.40. The maximum atomic E-state index is 6.01. The molecule has 2 N–H and O–H groups in total. The van der Waals surface area contributed by atoms with Crippen molar-refractivity contribution in [3.63, 3.8) is 0 Å². The Balaban J connectivity index is 2.88. The van der Waals surface area contributed by atoms with Crippen molar-refractivity contribution in [1.29, 1.82) is 0 Å². The molecule has 0 fully saturated rings. The topological polar surface area (TPSA) is 26.0 Å². The lowest BCUT2D eigenvalue weighted by Gasteiger charge is -2.12. The molecule has 0 bridgehead atoms. The maximum absolute atomic E-state index is 6.01. The van der Waals surface area contributed by atoms with Gasteiger partial charge in [-0.2, -0.15) is 0 Å². The molecule has 0 heterocycles. The van der Waals surface area contributed by atoms with E-state index in [2.05, 4.69) is 46.8 Å². The van der Waals surface area contributed by atoms with E-state index in [-0.39, 0.29) is 6.04 Å². The van der Waals surface area contributed by atoms with Crippen molar-refractivity contribution in [2.45, 2.75) is 26.3 Å². The van der Waals surface area contributed by atoms with Gasteiger partial charge in [0.2, 0.25) is 0 Å². The highest BCUT2D eigenvalue weighted by molar-refractivity contribution is 9.10. The zero-order chi connectivity index (χ0) is 10.6. The zero-order valence-electron chi connectivity index (χ0n) is 8.47. The van der Waals surface area contributed by atoms with Crippen LogP contribution in [0.15, 0.2) is 22.7 Å². The van der Waals surface area contributed by atoms with Gasteiger partial charge in [-0.1, -0.05) is 22.0 Å². The molecule has 1 aromatic carbocycles. The van der Waals surface area contributed by atoms with Crippen LogP contribution in [-0.2, 0) is 0 Å². The summed E-state index contributed by atoms with van der Waals surface area (Å²) < 4.78 is 1.09. The third-order valence-electron chi connectivity index (χ3n) is 2.13. The summed E-state index contributed by atoms with van der Waals surface area (Å²) in [5.74, 6) is 5.86. The maximum Gasteiger partial charge on any atom is 0.0408 e. The molecule has 14 heavy (non-hydrogen) atoms. The van der Waals surface area contributed by atoms with Gasteiger partial charge in [0, 0.05) is 16.9 Å².